The minimum Gasteiger partial charge on any atom is -0.336 e. The maximum absolute atomic E-state index is 13.7. The van der Waals surface area contributed by atoms with E-state index in [1.165, 1.54) is 18.2 Å². The summed E-state index contributed by atoms with van der Waals surface area (Å²) in [6.45, 7) is 1.13. The lowest BCUT2D eigenvalue weighted by atomic mass is 9.96. The first kappa shape index (κ1) is 32.7. The number of hydrogen-bond acceptors (Lipinski definition) is 2. The van der Waals surface area contributed by atoms with Gasteiger partial charge >= 0.3 is 18.5 Å². The van der Waals surface area contributed by atoms with Gasteiger partial charge in [-0.15, -0.1) is 0 Å². The molecule has 2 amide bonds. The quantitative estimate of drug-likeness (QED) is 0.216. The van der Waals surface area contributed by atoms with Crippen molar-refractivity contribution in [1.82, 2.24) is 10.6 Å². The van der Waals surface area contributed by atoms with Gasteiger partial charge in [0.05, 0.1) is 29.6 Å². The zero-order chi connectivity index (χ0) is 29.8. The van der Waals surface area contributed by atoms with E-state index in [1.807, 2.05) is 10.6 Å². The van der Waals surface area contributed by atoms with Gasteiger partial charge < -0.3 is 10.6 Å². The summed E-state index contributed by atoms with van der Waals surface area (Å²) in [7, 11) is 0. The Morgan fingerprint density at radius 3 is 2.00 bits per heavy atom. The number of allylic oxidation sites excluding steroid dienone is 1. The fourth-order valence-corrected chi connectivity index (χ4v) is 4.68. The molecule has 0 aliphatic carbocycles. The minimum absolute atomic E-state index is 0.182. The van der Waals surface area contributed by atoms with Crippen molar-refractivity contribution in [2.45, 2.75) is 50.4 Å². The number of benzene rings is 2. The van der Waals surface area contributed by atoms with Crippen LogP contribution in [0.25, 0.3) is 6.08 Å². The van der Waals surface area contributed by atoms with Crippen molar-refractivity contribution in [3.63, 3.8) is 0 Å². The first-order valence-electron chi connectivity index (χ1n) is 10.9. The summed E-state index contributed by atoms with van der Waals surface area (Å²) in [5.41, 5.74) is -2.83. The normalized spacial score (nSPS) is 14.3. The molecule has 0 aliphatic rings. The summed E-state index contributed by atoms with van der Waals surface area (Å²) in [4.78, 5) is 24.1. The molecule has 0 aromatic heterocycles. The van der Waals surface area contributed by atoms with Gasteiger partial charge in [0, 0.05) is 15.4 Å². The average Bonchev–Trinajstić information content (AvgIpc) is 2.75. The summed E-state index contributed by atoms with van der Waals surface area (Å²) < 4.78 is 120. The molecule has 2 rings (SSSR count). The Hall–Kier alpha value is -2.55. The Balaban J connectivity index is 2.29. The van der Waals surface area contributed by atoms with Crippen LogP contribution in [-0.2, 0) is 11.0 Å². The predicted molar refractivity (Wildman–Crippen MR) is 131 cm³/mol. The largest absolute Gasteiger partial charge is 0.417 e. The second-order valence-corrected chi connectivity index (χ2v) is 10.1. The molecule has 0 aliphatic heterocycles. The fourth-order valence-electron chi connectivity index (χ4n) is 3.35. The number of nitrogens with one attached hydrogen (secondary N) is 2. The average molecular weight is 698 g/mol. The third-order valence-electron chi connectivity index (χ3n) is 5.03. The molecule has 0 radical (unpaired) electrons. The van der Waals surface area contributed by atoms with Crippen LogP contribution in [0.15, 0.2) is 51.4 Å². The lowest BCUT2D eigenvalue weighted by molar-refractivity contribution is -0.144. The number of carbonyl (C=O) groups is 2. The molecule has 2 atom stereocenters. The fraction of sp³-hybridized carbons (Fsp3) is 0.333. The standard InChI is InChI=1S/C24H19Br2F9N2O2/c1-12(36-20(38)6-7-22(27,28)29)37-21(39)17-4-2-13(8-19(17)24(33,34)35)3-5-18(23(30,31)32)14-9-15(25)11-16(26)10-14/h2-5,8-12,18H,6-7H2,1H3,(H,36,38)(H,37,39)/b5-3+/t12-,18?/m1/s1. The maximum Gasteiger partial charge on any atom is 0.417 e. The third kappa shape index (κ3) is 10.5. The topological polar surface area (TPSA) is 58.2 Å². The van der Waals surface area contributed by atoms with Crippen LogP contribution in [0.3, 0.4) is 0 Å². The second-order valence-electron chi connectivity index (χ2n) is 8.26. The first-order chi connectivity index (χ1) is 17.8. The smallest absolute Gasteiger partial charge is 0.336 e. The molecule has 2 aromatic carbocycles. The zero-order valence-electron chi connectivity index (χ0n) is 19.7. The highest BCUT2D eigenvalue weighted by Crippen LogP contribution is 2.39. The van der Waals surface area contributed by atoms with Gasteiger partial charge in [-0.1, -0.05) is 50.1 Å². The van der Waals surface area contributed by atoms with E-state index in [-0.39, 0.29) is 11.1 Å². The molecule has 0 heterocycles. The number of halogens is 11. The van der Waals surface area contributed by atoms with E-state index in [1.54, 1.807) is 0 Å². The number of hydrogen-bond donors (Lipinski definition) is 2. The van der Waals surface area contributed by atoms with Gasteiger partial charge in [-0.25, -0.2) is 0 Å². The molecule has 214 valence electrons. The van der Waals surface area contributed by atoms with E-state index in [2.05, 4.69) is 31.9 Å². The third-order valence-corrected chi connectivity index (χ3v) is 5.95. The minimum atomic E-state index is -5.09. The highest BCUT2D eigenvalue weighted by atomic mass is 79.9. The molecule has 1 unspecified atom stereocenters. The summed E-state index contributed by atoms with van der Waals surface area (Å²) in [6.07, 6.45) is -16.6. The molecule has 0 saturated heterocycles. The van der Waals surface area contributed by atoms with Crippen molar-refractivity contribution in [1.29, 1.82) is 0 Å². The molecule has 0 saturated carbocycles. The lowest BCUT2D eigenvalue weighted by Crippen LogP contribution is -2.46. The van der Waals surface area contributed by atoms with Crippen LogP contribution in [0.1, 0.15) is 52.7 Å². The van der Waals surface area contributed by atoms with Crippen LogP contribution in [0.5, 0.6) is 0 Å². The van der Waals surface area contributed by atoms with E-state index in [0.29, 0.717) is 21.1 Å². The van der Waals surface area contributed by atoms with Crippen molar-refractivity contribution in [3.05, 3.63) is 73.7 Å². The molecule has 15 heteroatoms. The Morgan fingerprint density at radius 1 is 0.897 bits per heavy atom. The monoisotopic (exact) mass is 696 g/mol. The SMILES string of the molecule is C[C@H](NC(=O)CCC(F)(F)F)NC(=O)c1ccc(/C=C/C(c2cc(Br)cc(Br)c2)C(F)(F)F)cc1C(F)(F)F. The van der Waals surface area contributed by atoms with Crippen LogP contribution in [0, 0.1) is 0 Å². The Morgan fingerprint density at radius 2 is 1.49 bits per heavy atom. The highest BCUT2D eigenvalue weighted by Gasteiger charge is 2.39. The second kappa shape index (κ2) is 12.7. The number of carbonyl (C=O) groups excluding carboxylic acids is 2. The van der Waals surface area contributed by atoms with Crippen LogP contribution in [-0.4, -0.2) is 30.3 Å². The summed E-state index contributed by atoms with van der Waals surface area (Å²) in [5, 5.41) is 4.05. The number of rotatable bonds is 8. The summed E-state index contributed by atoms with van der Waals surface area (Å²) >= 11 is 6.18. The van der Waals surface area contributed by atoms with Crippen LogP contribution < -0.4 is 10.6 Å². The van der Waals surface area contributed by atoms with E-state index in [4.69, 9.17) is 0 Å². The van der Waals surface area contributed by atoms with Crippen LogP contribution in [0.4, 0.5) is 39.5 Å². The molecular formula is C24H19Br2F9N2O2. The summed E-state index contributed by atoms with van der Waals surface area (Å²) in [5.74, 6) is -4.56. The van der Waals surface area contributed by atoms with Gasteiger partial charge in [-0.05, 0) is 48.4 Å². The molecule has 4 nitrogen and oxygen atoms in total. The van der Waals surface area contributed by atoms with Gasteiger partial charge in [0.25, 0.3) is 5.91 Å². The maximum atomic E-state index is 13.7. The molecule has 0 spiro atoms. The molecule has 0 bridgehead atoms. The highest BCUT2D eigenvalue weighted by molar-refractivity contribution is 9.11. The zero-order valence-corrected chi connectivity index (χ0v) is 22.8. The van der Waals surface area contributed by atoms with Gasteiger partial charge in [-0.3, -0.25) is 9.59 Å². The van der Waals surface area contributed by atoms with E-state index < -0.39 is 66.4 Å². The van der Waals surface area contributed by atoms with Crippen molar-refractivity contribution in [3.8, 4) is 0 Å². The predicted octanol–water partition coefficient (Wildman–Crippen LogP) is 8.12. The van der Waals surface area contributed by atoms with Crippen molar-refractivity contribution in [2.75, 3.05) is 0 Å². The van der Waals surface area contributed by atoms with Crippen LogP contribution >= 0.6 is 31.9 Å². The molecular weight excluding hydrogens is 679 g/mol. The molecule has 39 heavy (non-hydrogen) atoms. The van der Waals surface area contributed by atoms with E-state index in [0.717, 1.165) is 25.1 Å². The van der Waals surface area contributed by atoms with Gasteiger partial charge in [0.1, 0.15) is 0 Å². The molecule has 2 N–H and O–H groups in total. The van der Waals surface area contributed by atoms with E-state index >= 15 is 0 Å². The number of amides is 2. The van der Waals surface area contributed by atoms with E-state index in [9.17, 15) is 49.1 Å². The molecule has 0 fully saturated rings. The van der Waals surface area contributed by atoms with Crippen molar-refractivity contribution < 1.29 is 49.1 Å². The lowest BCUT2D eigenvalue weighted by Gasteiger charge is -2.19. The Bertz CT molecular complexity index is 1210. The Labute approximate surface area is 233 Å². The van der Waals surface area contributed by atoms with Crippen LogP contribution in [0.2, 0.25) is 0 Å². The van der Waals surface area contributed by atoms with Gasteiger partial charge in [0.15, 0.2) is 0 Å². The van der Waals surface area contributed by atoms with Gasteiger partial charge in [0.2, 0.25) is 5.91 Å². The molecule has 2 aromatic rings. The number of alkyl halides is 9. The Kier molecular flexibility index (Phi) is 10.7. The first-order valence-corrected chi connectivity index (χ1v) is 12.4. The van der Waals surface area contributed by atoms with Crippen molar-refractivity contribution >= 4 is 49.8 Å². The summed E-state index contributed by atoms with van der Waals surface area (Å²) in [6, 6.07) is 6.17. The van der Waals surface area contributed by atoms with Gasteiger partial charge in [-0.2, -0.15) is 39.5 Å². The van der Waals surface area contributed by atoms with Crippen molar-refractivity contribution in [2.24, 2.45) is 0 Å².